The van der Waals surface area contributed by atoms with E-state index in [1.165, 1.54) is 12.0 Å². The first kappa shape index (κ1) is 27.6. The molecule has 0 bridgehead atoms. The van der Waals surface area contributed by atoms with Crippen molar-refractivity contribution >= 4 is 0 Å². The van der Waals surface area contributed by atoms with Crippen molar-refractivity contribution in [2.75, 3.05) is 42.3 Å². The zero-order valence-electron chi connectivity index (χ0n) is 14.0. The Labute approximate surface area is 140 Å². The molecule has 0 aromatic rings. The molecule has 0 spiro atoms. The Morgan fingerprint density at radius 3 is 1.63 bits per heavy atom. The van der Waals surface area contributed by atoms with Gasteiger partial charge in [-0.15, -0.1) is 6.42 Å². The standard InChI is InChI=1S/C9H13.3C2H6N.Hf/c1-3-8(2)9-6-4-5-7-9;3*1-3-2;/h4,6,8H,3,5H2,1-2H3;3*1-2H3;/q4*-1;+4. The normalized spacial score (nSPS) is 12.3. The van der Waals surface area contributed by atoms with Crippen LogP contribution in [0.15, 0.2) is 17.7 Å². The summed E-state index contributed by atoms with van der Waals surface area (Å²) in [5.41, 5.74) is 1.40. The van der Waals surface area contributed by atoms with Crippen molar-refractivity contribution in [2.45, 2.75) is 26.7 Å². The second-order valence-electron chi connectivity index (χ2n) is 3.89. The zero-order chi connectivity index (χ0) is 14.8. The zero-order valence-corrected chi connectivity index (χ0v) is 17.6. The van der Waals surface area contributed by atoms with E-state index in [-0.39, 0.29) is 25.8 Å². The van der Waals surface area contributed by atoms with Crippen molar-refractivity contribution in [3.63, 3.8) is 0 Å². The van der Waals surface area contributed by atoms with E-state index in [9.17, 15) is 0 Å². The molecule has 1 rings (SSSR count). The molecule has 19 heavy (non-hydrogen) atoms. The fourth-order valence-corrected chi connectivity index (χ4v) is 0.980. The van der Waals surface area contributed by atoms with Gasteiger partial charge in [0.05, 0.1) is 0 Å². The average molecular weight is 432 g/mol. The van der Waals surface area contributed by atoms with E-state index in [4.69, 9.17) is 0 Å². The Morgan fingerprint density at radius 2 is 1.42 bits per heavy atom. The molecule has 0 fully saturated rings. The van der Waals surface area contributed by atoms with Crippen LogP contribution in [0.4, 0.5) is 0 Å². The molecule has 0 aromatic heterocycles. The topological polar surface area (TPSA) is 42.3 Å². The van der Waals surface area contributed by atoms with Crippen molar-refractivity contribution in [3.8, 4) is 0 Å². The van der Waals surface area contributed by atoms with Crippen molar-refractivity contribution in [1.82, 2.24) is 0 Å². The Morgan fingerprint density at radius 1 is 1.05 bits per heavy atom. The number of hydrogen-bond donors (Lipinski definition) is 0. The van der Waals surface area contributed by atoms with Gasteiger partial charge in [0.25, 0.3) is 0 Å². The number of hydrogen-bond acceptors (Lipinski definition) is 0. The van der Waals surface area contributed by atoms with Crippen LogP contribution in [-0.4, -0.2) is 42.3 Å². The van der Waals surface area contributed by atoms with Gasteiger partial charge in [0.2, 0.25) is 0 Å². The van der Waals surface area contributed by atoms with Crippen LogP contribution < -0.4 is 0 Å². The minimum atomic E-state index is 0. The predicted molar refractivity (Wildman–Crippen MR) is 85.6 cm³/mol. The summed E-state index contributed by atoms with van der Waals surface area (Å²) < 4.78 is 0. The summed E-state index contributed by atoms with van der Waals surface area (Å²) in [5.74, 6) is 0.712. The molecule has 1 aliphatic rings. The number of allylic oxidation sites excluding steroid dienone is 4. The summed E-state index contributed by atoms with van der Waals surface area (Å²) in [6, 6.07) is 0. The van der Waals surface area contributed by atoms with Crippen molar-refractivity contribution < 1.29 is 25.8 Å². The minimum Gasteiger partial charge on any atom is -0.668 e. The van der Waals surface area contributed by atoms with Gasteiger partial charge in [-0.05, 0) is 0 Å². The Balaban J connectivity index is -0.0000000956. The summed E-state index contributed by atoms with van der Waals surface area (Å²) >= 11 is 0. The molecule has 4 heteroatoms. The molecule has 0 aromatic carbocycles. The van der Waals surface area contributed by atoms with Gasteiger partial charge in [-0.1, -0.05) is 26.2 Å². The molecule has 1 atom stereocenters. The second kappa shape index (κ2) is 26.7. The van der Waals surface area contributed by atoms with Crippen molar-refractivity contribution in [3.05, 3.63) is 39.8 Å². The first-order chi connectivity index (χ1) is 8.59. The number of rotatable bonds is 2. The molecule has 0 saturated carbocycles. The quantitative estimate of drug-likeness (QED) is 0.454. The van der Waals surface area contributed by atoms with Gasteiger partial charge in [0.15, 0.2) is 0 Å². The Hall–Kier alpha value is 0.230. The van der Waals surface area contributed by atoms with Gasteiger partial charge in [-0.3, -0.25) is 6.08 Å². The second-order valence-corrected chi connectivity index (χ2v) is 3.89. The maximum absolute atomic E-state index is 3.50. The van der Waals surface area contributed by atoms with Gasteiger partial charge in [-0.25, -0.2) is 11.6 Å². The van der Waals surface area contributed by atoms with Gasteiger partial charge >= 0.3 is 25.8 Å². The minimum absolute atomic E-state index is 0. The van der Waals surface area contributed by atoms with Crippen molar-refractivity contribution in [2.24, 2.45) is 5.92 Å². The van der Waals surface area contributed by atoms with E-state index in [0.717, 1.165) is 6.42 Å². The van der Waals surface area contributed by atoms with E-state index in [2.05, 4.69) is 48.0 Å². The summed E-state index contributed by atoms with van der Waals surface area (Å²) in [4.78, 5) is 0. The smallest absolute Gasteiger partial charge is 0.668 e. The molecular formula is C15H31HfN3. The maximum atomic E-state index is 3.50. The third-order valence-corrected chi connectivity index (χ3v) is 1.86. The van der Waals surface area contributed by atoms with E-state index in [1.807, 2.05) is 0 Å². The molecule has 0 amide bonds. The molecule has 0 radical (unpaired) electrons. The molecule has 0 heterocycles. The SMILES string of the molecule is CCC(C)C1=[C-]CC=C1.C[N-]C.C[N-]C.C[N-]C.[Hf+4]. The molecule has 0 aliphatic heterocycles. The molecular weight excluding hydrogens is 401 g/mol. The summed E-state index contributed by atoms with van der Waals surface area (Å²) in [6.07, 6.45) is 9.93. The van der Waals surface area contributed by atoms with Crippen LogP contribution in [0.5, 0.6) is 0 Å². The molecule has 3 nitrogen and oxygen atoms in total. The molecule has 0 saturated heterocycles. The first-order valence-corrected chi connectivity index (χ1v) is 6.30. The molecule has 110 valence electrons. The van der Waals surface area contributed by atoms with Crippen LogP contribution in [0.1, 0.15) is 26.7 Å². The Kier molecular flexibility index (Phi) is 38.8. The van der Waals surface area contributed by atoms with Crippen LogP contribution in [0.3, 0.4) is 0 Å². The van der Waals surface area contributed by atoms with Gasteiger partial charge < -0.3 is 16.0 Å². The monoisotopic (exact) mass is 433 g/mol. The number of nitrogens with zero attached hydrogens (tertiary/aromatic N) is 3. The van der Waals surface area contributed by atoms with Crippen LogP contribution in [0.2, 0.25) is 0 Å². The average Bonchev–Trinajstić information content (AvgIpc) is 2.85. The van der Waals surface area contributed by atoms with E-state index >= 15 is 0 Å². The van der Waals surface area contributed by atoms with Crippen LogP contribution in [-0.2, 0) is 25.8 Å². The van der Waals surface area contributed by atoms with Gasteiger partial charge in [0.1, 0.15) is 0 Å². The first-order valence-electron chi connectivity index (χ1n) is 6.30. The molecule has 0 N–H and O–H groups in total. The third-order valence-electron chi connectivity index (χ3n) is 1.86. The summed E-state index contributed by atoms with van der Waals surface area (Å²) in [6.45, 7) is 4.46. The fourth-order valence-electron chi connectivity index (χ4n) is 0.980. The van der Waals surface area contributed by atoms with E-state index in [0.29, 0.717) is 5.92 Å². The van der Waals surface area contributed by atoms with Gasteiger partial charge in [-0.2, -0.15) is 48.4 Å². The van der Waals surface area contributed by atoms with Crippen LogP contribution in [0.25, 0.3) is 16.0 Å². The fraction of sp³-hybridized carbons (Fsp3) is 0.733. The van der Waals surface area contributed by atoms with E-state index < -0.39 is 0 Å². The van der Waals surface area contributed by atoms with Crippen molar-refractivity contribution in [1.29, 1.82) is 0 Å². The van der Waals surface area contributed by atoms with Gasteiger partial charge in [0, 0.05) is 0 Å². The van der Waals surface area contributed by atoms with Crippen LogP contribution in [0, 0.1) is 12.0 Å². The predicted octanol–water partition coefficient (Wildman–Crippen LogP) is 4.58. The summed E-state index contributed by atoms with van der Waals surface area (Å²) in [5, 5.41) is 10.5. The summed E-state index contributed by atoms with van der Waals surface area (Å²) in [7, 11) is 10.5. The third kappa shape index (κ3) is 27.4. The largest absolute Gasteiger partial charge is 4.00 e. The maximum Gasteiger partial charge on any atom is 4.00 e. The van der Waals surface area contributed by atoms with Crippen LogP contribution >= 0.6 is 0 Å². The molecule has 1 unspecified atom stereocenters. The molecule has 1 aliphatic carbocycles. The Bertz CT molecular complexity index is 187. The van der Waals surface area contributed by atoms with E-state index in [1.54, 1.807) is 42.3 Å².